The molecule has 26 heavy (non-hydrogen) atoms. The van der Waals surface area contributed by atoms with Crippen molar-refractivity contribution in [2.24, 2.45) is 5.10 Å². The lowest BCUT2D eigenvalue weighted by molar-refractivity contribution is 0.700. The molecule has 1 aromatic carbocycles. The van der Waals surface area contributed by atoms with Gasteiger partial charge in [0.15, 0.2) is 5.82 Å². The molecule has 3 aromatic rings. The normalized spacial score (nSPS) is 14.5. The number of hydrazone groups is 1. The smallest absolute Gasteiger partial charge is 0.159 e. The fraction of sp³-hybridized carbons (Fsp3) is 0.350. The van der Waals surface area contributed by atoms with E-state index in [0.717, 1.165) is 57.4 Å². The second-order valence-corrected chi connectivity index (χ2v) is 8.06. The first-order valence-electron chi connectivity index (χ1n) is 9.03. The number of aromatic nitrogens is 2. The van der Waals surface area contributed by atoms with Crippen molar-refractivity contribution < 1.29 is 0 Å². The second-order valence-electron chi connectivity index (χ2n) is 6.54. The first-order valence-corrected chi connectivity index (χ1v) is 10.2. The van der Waals surface area contributed by atoms with Gasteiger partial charge in [0.2, 0.25) is 0 Å². The van der Waals surface area contributed by atoms with E-state index in [2.05, 4.69) is 27.4 Å². The molecule has 0 aliphatic heterocycles. The zero-order valence-corrected chi connectivity index (χ0v) is 16.5. The number of benzene rings is 1. The first-order chi connectivity index (χ1) is 12.7. The van der Waals surface area contributed by atoms with Crippen LogP contribution in [0, 0.1) is 6.92 Å². The molecule has 4 rings (SSSR count). The van der Waals surface area contributed by atoms with Crippen molar-refractivity contribution in [3.63, 3.8) is 0 Å². The average molecular weight is 385 g/mol. The highest BCUT2D eigenvalue weighted by Crippen LogP contribution is 2.38. The Morgan fingerprint density at radius 3 is 2.73 bits per heavy atom. The number of nitrogens with zero attached hydrogens (tertiary/aromatic N) is 3. The fourth-order valence-electron chi connectivity index (χ4n) is 3.46. The largest absolute Gasteiger partial charge is 0.260 e. The van der Waals surface area contributed by atoms with Crippen molar-refractivity contribution in [2.75, 3.05) is 5.43 Å². The SMILES string of the molecule is CC/C(=N/Nc1nc(C)nc2sc3c(c12)CCCC3)c1ccc(Cl)cc1. The summed E-state index contributed by atoms with van der Waals surface area (Å²) in [5, 5.41) is 6.56. The third kappa shape index (κ3) is 3.33. The maximum atomic E-state index is 6.00. The minimum absolute atomic E-state index is 0.732. The summed E-state index contributed by atoms with van der Waals surface area (Å²) >= 11 is 7.81. The molecule has 0 unspecified atom stereocenters. The van der Waals surface area contributed by atoms with Gasteiger partial charge in [-0.25, -0.2) is 9.97 Å². The van der Waals surface area contributed by atoms with E-state index in [1.54, 1.807) is 0 Å². The Kier molecular flexibility index (Phi) is 4.92. The highest BCUT2D eigenvalue weighted by molar-refractivity contribution is 7.19. The van der Waals surface area contributed by atoms with E-state index in [1.165, 1.54) is 23.3 Å². The summed E-state index contributed by atoms with van der Waals surface area (Å²) in [6, 6.07) is 7.79. The van der Waals surface area contributed by atoms with E-state index in [0.29, 0.717) is 0 Å². The molecule has 0 bridgehead atoms. The minimum atomic E-state index is 0.732. The van der Waals surface area contributed by atoms with Gasteiger partial charge in [-0.1, -0.05) is 30.7 Å². The van der Waals surface area contributed by atoms with Gasteiger partial charge >= 0.3 is 0 Å². The quantitative estimate of drug-likeness (QED) is 0.459. The molecule has 0 amide bonds. The Hall–Kier alpha value is -1.98. The molecular weight excluding hydrogens is 364 g/mol. The Morgan fingerprint density at radius 1 is 1.19 bits per heavy atom. The lowest BCUT2D eigenvalue weighted by atomic mass is 9.97. The maximum absolute atomic E-state index is 6.00. The first kappa shape index (κ1) is 17.4. The molecule has 0 radical (unpaired) electrons. The molecule has 134 valence electrons. The number of nitrogens with one attached hydrogen (secondary N) is 1. The van der Waals surface area contributed by atoms with Gasteiger partial charge in [0.05, 0.1) is 11.1 Å². The number of anilines is 1. The van der Waals surface area contributed by atoms with Crippen LogP contribution in [0.25, 0.3) is 10.2 Å². The highest BCUT2D eigenvalue weighted by atomic mass is 35.5. The monoisotopic (exact) mass is 384 g/mol. The van der Waals surface area contributed by atoms with Gasteiger partial charge in [0, 0.05) is 9.90 Å². The molecule has 6 heteroatoms. The van der Waals surface area contributed by atoms with Crippen LogP contribution in [-0.2, 0) is 12.8 Å². The van der Waals surface area contributed by atoms with Crippen LogP contribution in [0.4, 0.5) is 5.82 Å². The Balaban J connectivity index is 1.74. The van der Waals surface area contributed by atoms with E-state index in [4.69, 9.17) is 11.6 Å². The third-order valence-electron chi connectivity index (χ3n) is 4.74. The topological polar surface area (TPSA) is 50.2 Å². The van der Waals surface area contributed by atoms with E-state index < -0.39 is 0 Å². The summed E-state index contributed by atoms with van der Waals surface area (Å²) in [5.74, 6) is 1.60. The number of fused-ring (bicyclic) bond motifs is 3. The number of aryl methyl sites for hydroxylation is 3. The van der Waals surface area contributed by atoms with E-state index >= 15 is 0 Å². The Labute approximate surface area is 162 Å². The summed E-state index contributed by atoms with van der Waals surface area (Å²) in [5.41, 5.74) is 6.70. The highest BCUT2D eigenvalue weighted by Gasteiger charge is 2.20. The van der Waals surface area contributed by atoms with E-state index in [1.807, 2.05) is 42.5 Å². The molecule has 2 aromatic heterocycles. The van der Waals surface area contributed by atoms with Crippen molar-refractivity contribution >= 4 is 44.7 Å². The summed E-state index contributed by atoms with van der Waals surface area (Å²) in [4.78, 5) is 11.9. The maximum Gasteiger partial charge on any atom is 0.159 e. The molecule has 0 saturated carbocycles. The molecule has 2 heterocycles. The molecule has 1 aliphatic carbocycles. The molecule has 1 N–H and O–H groups in total. The number of rotatable bonds is 4. The van der Waals surface area contributed by atoms with Crippen molar-refractivity contribution in [3.8, 4) is 0 Å². The van der Waals surface area contributed by atoms with Crippen LogP contribution in [-0.4, -0.2) is 15.7 Å². The third-order valence-corrected chi connectivity index (χ3v) is 6.17. The van der Waals surface area contributed by atoms with Gasteiger partial charge in [0.25, 0.3) is 0 Å². The molecular formula is C20H21ClN4S. The van der Waals surface area contributed by atoms with Crippen LogP contribution in [0.5, 0.6) is 0 Å². The lowest BCUT2D eigenvalue weighted by Crippen LogP contribution is -2.06. The fourth-order valence-corrected chi connectivity index (χ4v) is 4.89. The van der Waals surface area contributed by atoms with Crippen molar-refractivity contribution in [3.05, 3.63) is 51.1 Å². The van der Waals surface area contributed by atoms with Crippen molar-refractivity contribution in [1.29, 1.82) is 0 Å². The van der Waals surface area contributed by atoms with Crippen molar-refractivity contribution in [1.82, 2.24) is 9.97 Å². The summed E-state index contributed by atoms with van der Waals surface area (Å²) in [7, 11) is 0. The van der Waals surface area contributed by atoms with Crippen molar-refractivity contribution in [2.45, 2.75) is 46.0 Å². The van der Waals surface area contributed by atoms with Gasteiger partial charge in [-0.2, -0.15) is 5.10 Å². The predicted molar refractivity (Wildman–Crippen MR) is 111 cm³/mol. The molecule has 4 nitrogen and oxygen atoms in total. The molecule has 0 atom stereocenters. The van der Waals surface area contributed by atoms with Crippen LogP contribution in [0.15, 0.2) is 29.4 Å². The van der Waals surface area contributed by atoms with Crippen LogP contribution in [0.2, 0.25) is 5.02 Å². The number of hydrogen-bond donors (Lipinski definition) is 1. The zero-order chi connectivity index (χ0) is 18.1. The Bertz CT molecular complexity index is 976. The zero-order valence-electron chi connectivity index (χ0n) is 15.0. The van der Waals surface area contributed by atoms with E-state index in [-0.39, 0.29) is 0 Å². The van der Waals surface area contributed by atoms with Gasteiger partial charge in [-0.15, -0.1) is 11.3 Å². The van der Waals surface area contributed by atoms with Crippen LogP contribution in [0.1, 0.15) is 48.0 Å². The second kappa shape index (κ2) is 7.33. The average Bonchev–Trinajstić information content (AvgIpc) is 3.01. The van der Waals surface area contributed by atoms with Gasteiger partial charge in [-0.3, -0.25) is 5.43 Å². The lowest BCUT2D eigenvalue weighted by Gasteiger charge is -2.12. The van der Waals surface area contributed by atoms with Crippen LogP contribution >= 0.6 is 22.9 Å². The molecule has 0 saturated heterocycles. The molecule has 0 spiro atoms. The standard InChI is InChI=1S/C20H21ClN4S/c1-3-16(13-8-10-14(21)11-9-13)24-25-19-18-15-6-4-5-7-17(15)26-20(18)23-12(2)22-19/h8-11H,3-7H2,1-2H3,(H,22,23,25)/b24-16-. The van der Waals surface area contributed by atoms with Crippen LogP contribution < -0.4 is 5.43 Å². The predicted octanol–water partition coefficient (Wildman–Crippen LogP) is 5.76. The number of hydrogen-bond acceptors (Lipinski definition) is 5. The van der Waals surface area contributed by atoms with Gasteiger partial charge in [0.1, 0.15) is 10.7 Å². The van der Waals surface area contributed by atoms with E-state index in [9.17, 15) is 0 Å². The number of halogens is 1. The van der Waals surface area contributed by atoms with Gasteiger partial charge < -0.3 is 0 Å². The molecule has 1 aliphatic rings. The summed E-state index contributed by atoms with van der Waals surface area (Å²) < 4.78 is 0. The molecule has 0 fully saturated rings. The van der Waals surface area contributed by atoms with Crippen LogP contribution in [0.3, 0.4) is 0 Å². The number of thiophene rings is 1. The summed E-state index contributed by atoms with van der Waals surface area (Å²) in [6.45, 7) is 4.04. The minimum Gasteiger partial charge on any atom is -0.260 e. The summed E-state index contributed by atoms with van der Waals surface area (Å²) in [6.07, 6.45) is 5.59. The Morgan fingerprint density at radius 2 is 1.96 bits per heavy atom. The van der Waals surface area contributed by atoms with Gasteiger partial charge in [-0.05, 0) is 62.3 Å².